The standard InChI is InChI=1S/C5H6BrN3.C5H7N3.C3H8N2.C2Br2F4/c6-5-7-3-8-9(5)4-1-2-4;1-2-5(1)8-4-6-3-7-8;4-5-3-1-2-3;3-1(5,6)2(4,7)8/h3-4H,1-2H2;3-5H,1-2H2;3,5H,1-2,4H2;. The van der Waals surface area contributed by atoms with Crippen molar-refractivity contribution in [3.63, 3.8) is 0 Å². The predicted molar refractivity (Wildman–Crippen MR) is 112 cm³/mol. The highest BCUT2D eigenvalue weighted by Crippen LogP contribution is 2.43. The molecule has 3 saturated carbocycles. The number of rotatable bonds is 4. The van der Waals surface area contributed by atoms with E-state index in [2.05, 4.69) is 41.5 Å². The van der Waals surface area contributed by atoms with Gasteiger partial charge >= 0.3 is 9.66 Å². The summed E-state index contributed by atoms with van der Waals surface area (Å²) >= 11 is 6.23. The van der Waals surface area contributed by atoms with Gasteiger partial charge in [-0.1, -0.05) is 0 Å². The summed E-state index contributed by atoms with van der Waals surface area (Å²) in [5.41, 5.74) is 2.64. The molecule has 3 aliphatic rings. The van der Waals surface area contributed by atoms with Crippen molar-refractivity contribution in [2.24, 2.45) is 5.84 Å². The van der Waals surface area contributed by atoms with Crippen LogP contribution in [0.25, 0.3) is 0 Å². The summed E-state index contributed by atoms with van der Waals surface area (Å²) in [5, 5.41) is 8.02. The van der Waals surface area contributed by atoms with Gasteiger partial charge in [-0.05, 0) is 86.3 Å². The second kappa shape index (κ2) is 11.3. The van der Waals surface area contributed by atoms with E-state index in [9.17, 15) is 17.6 Å². The number of hydrogen-bond donors (Lipinski definition) is 2. The van der Waals surface area contributed by atoms with E-state index in [0.29, 0.717) is 18.1 Å². The summed E-state index contributed by atoms with van der Waals surface area (Å²) in [4.78, 5) is -0.552. The summed E-state index contributed by atoms with van der Waals surface area (Å²) in [6, 6.07) is 1.97. The Kier molecular flexibility index (Phi) is 9.64. The summed E-state index contributed by atoms with van der Waals surface area (Å²) in [6.45, 7) is 0. The molecule has 0 atom stereocenters. The smallest absolute Gasteiger partial charge is 0.271 e. The minimum Gasteiger partial charge on any atom is -0.271 e. The molecule has 0 aliphatic heterocycles. The Morgan fingerprint density at radius 2 is 1.50 bits per heavy atom. The van der Waals surface area contributed by atoms with Crippen molar-refractivity contribution in [2.45, 2.75) is 66.3 Å². The maximum Gasteiger partial charge on any atom is 0.373 e. The topological polar surface area (TPSA) is 99.5 Å². The molecule has 0 aromatic carbocycles. The summed E-state index contributed by atoms with van der Waals surface area (Å²) in [6.07, 6.45) is 12.5. The first-order chi connectivity index (χ1) is 14.0. The van der Waals surface area contributed by atoms with Crippen molar-refractivity contribution in [3.05, 3.63) is 23.7 Å². The lowest BCUT2D eigenvalue weighted by Gasteiger charge is -2.13. The SMILES string of the molecule is Brc1ncnn1C1CC1.FC(F)(Br)C(F)(F)Br.NNC1CC1.c1ncn(C2CC2)n1. The molecule has 0 bridgehead atoms. The van der Waals surface area contributed by atoms with E-state index < -0.39 is 9.66 Å². The van der Waals surface area contributed by atoms with Gasteiger partial charge in [-0.25, -0.2) is 19.3 Å². The van der Waals surface area contributed by atoms with Crippen LogP contribution in [0.2, 0.25) is 0 Å². The summed E-state index contributed by atoms with van der Waals surface area (Å²) in [5.74, 6) is 4.98. The number of hydrazine groups is 1. The zero-order valence-electron chi connectivity index (χ0n) is 15.6. The lowest BCUT2D eigenvalue weighted by molar-refractivity contribution is -0.0724. The lowest BCUT2D eigenvalue weighted by atomic mass is 10.7. The van der Waals surface area contributed by atoms with Crippen LogP contribution >= 0.6 is 47.8 Å². The molecule has 0 amide bonds. The number of halogens is 7. The largest absolute Gasteiger partial charge is 0.373 e. The fraction of sp³-hybridized carbons (Fsp3) is 0.733. The van der Waals surface area contributed by atoms with Crippen LogP contribution in [0.15, 0.2) is 23.7 Å². The zero-order valence-corrected chi connectivity index (χ0v) is 20.4. The molecule has 2 aromatic rings. The van der Waals surface area contributed by atoms with Crippen molar-refractivity contribution in [1.29, 1.82) is 0 Å². The molecule has 2 aromatic heterocycles. The zero-order chi connectivity index (χ0) is 22.4. The average Bonchev–Trinajstić information content (AvgIpc) is 3.57. The lowest BCUT2D eigenvalue weighted by Crippen LogP contribution is -2.27. The Morgan fingerprint density at radius 3 is 1.77 bits per heavy atom. The Labute approximate surface area is 195 Å². The fourth-order valence-electron chi connectivity index (χ4n) is 1.79. The molecule has 170 valence electrons. The molecule has 0 unspecified atom stereocenters. The third-order valence-corrected chi connectivity index (χ3v) is 6.01. The number of nitrogens with zero attached hydrogens (tertiary/aromatic N) is 6. The van der Waals surface area contributed by atoms with Gasteiger partial charge in [0.1, 0.15) is 19.0 Å². The highest BCUT2D eigenvalue weighted by Gasteiger charge is 2.52. The minimum absolute atomic E-state index is 0.627. The van der Waals surface area contributed by atoms with E-state index in [0.717, 1.165) is 4.73 Å². The maximum atomic E-state index is 11.3. The van der Waals surface area contributed by atoms with Gasteiger partial charge in [0, 0.05) is 6.04 Å². The number of nitrogens with two attached hydrogens (primary N) is 1. The molecule has 15 heteroatoms. The Bertz CT molecular complexity index is 726. The van der Waals surface area contributed by atoms with Gasteiger partial charge in [0.25, 0.3) is 0 Å². The Balaban J connectivity index is 0.000000145. The van der Waals surface area contributed by atoms with Crippen LogP contribution in [0.1, 0.15) is 50.6 Å². The number of alkyl halides is 6. The van der Waals surface area contributed by atoms with Crippen molar-refractivity contribution in [3.8, 4) is 0 Å². The molecule has 5 rings (SSSR count). The van der Waals surface area contributed by atoms with Crippen LogP contribution < -0.4 is 11.3 Å². The van der Waals surface area contributed by atoms with E-state index in [1.54, 1.807) is 19.0 Å². The first-order valence-corrected chi connectivity index (χ1v) is 11.4. The minimum atomic E-state index is -4.17. The van der Waals surface area contributed by atoms with Crippen LogP contribution in [0.3, 0.4) is 0 Å². The highest BCUT2D eigenvalue weighted by atomic mass is 79.9. The number of nitrogens with one attached hydrogen (secondary N) is 1. The van der Waals surface area contributed by atoms with Crippen LogP contribution in [0.5, 0.6) is 0 Å². The third-order valence-electron chi connectivity index (χ3n) is 3.91. The van der Waals surface area contributed by atoms with Crippen molar-refractivity contribution in [1.82, 2.24) is 35.0 Å². The Morgan fingerprint density at radius 1 is 0.933 bits per heavy atom. The van der Waals surface area contributed by atoms with Crippen molar-refractivity contribution in [2.75, 3.05) is 0 Å². The average molecular weight is 629 g/mol. The van der Waals surface area contributed by atoms with Gasteiger partial charge in [-0.3, -0.25) is 11.3 Å². The van der Waals surface area contributed by atoms with Gasteiger partial charge in [0.15, 0.2) is 4.73 Å². The van der Waals surface area contributed by atoms with Crippen LogP contribution in [-0.4, -0.2) is 45.2 Å². The molecule has 8 nitrogen and oxygen atoms in total. The summed E-state index contributed by atoms with van der Waals surface area (Å²) < 4.78 is 50.1. The molecule has 30 heavy (non-hydrogen) atoms. The van der Waals surface area contributed by atoms with Crippen LogP contribution in [0, 0.1) is 0 Å². The molecule has 0 spiro atoms. The predicted octanol–water partition coefficient (Wildman–Crippen LogP) is 4.56. The van der Waals surface area contributed by atoms with E-state index >= 15 is 0 Å². The third kappa shape index (κ3) is 9.66. The van der Waals surface area contributed by atoms with Gasteiger partial charge in [-0.2, -0.15) is 27.8 Å². The number of hydrogen-bond acceptors (Lipinski definition) is 6. The second-order valence-corrected chi connectivity index (χ2v) is 9.45. The van der Waals surface area contributed by atoms with Crippen molar-refractivity contribution < 1.29 is 17.6 Å². The molecular weight excluding hydrogens is 608 g/mol. The quantitative estimate of drug-likeness (QED) is 0.223. The fourth-order valence-corrected chi connectivity index (χ4v) is 2.27. The van der Waals surface area contributed by atoms with Gasteiger partial charge in [-0.15, -0.1) is 0 Å². The van der Waals surface area contributed by atoms with E-state index in [1.807, 2.05) is 9.36 Å². The molecule has 3 fully saturated rings. The van der Waals surface area contributed by atoms with E-state index in [4.69, 9.17) is 5.84 Å². The molecule has 2 heterocycles. The van der Waals surface area contributed by atoms with Gasteiger partial charge in [0.05, 0.1) is 12.1 Å². The highest BCUT2D eigenvalue weighted by molar-refractivity contribution is 9.12. The molecule has 3 N–H and O–H groups in total. The van der Waals surface area contributed by atoms with E-state index in [1.165, 1.54) is 70.4 Å². The summed E-state index contributed by atoms with van der Waals surface area (Å²) in [7, 11) is 0. The molecule has 0 saturated heterocycles. The molecule has 0 radical (unpaired) electrons. The monoisotopic (exact) mass is 626 g/mol. The maximum absolute atomic E-state index is 11.3. The first-order valence-electron chi connectivity index (χ1n) is 9.01. The molecular formula is C15H21Br3F4N8. The first kappa shape index (κ1) is 25.6. The van der Waals surface area contributed by atoms with Crippen LogP contribution in [0.4, 0.5) is 17.6 Å². The van der Waals surface area contributed by atoms with Gasteiger partial charge < -0.3 is 0 Å². The van der Waals surface area contributed by atoms with Crippen molar-refractivity contribution >= 4 is 47.8 Å². The second-order valence-electron chi connectivity index (χ2n) is 6.75. The van der Waals surface area contributed by atoms with Gasteiger partial charge in [0.2, 0.25) is 0 Å². The molecule has 3 aliphatic carbocycles. The Hall–Kier alpha value is -0.640. The van der Waals surface area contributed by atoms with Crippen LogP contribution in [-0.2, 0) is 0 Å². The normalized spacial score (nSPS) is 18.3. The number of aromatic nitrogens is 6. The van der Waals surface area contributed by atoms with E-state index in [-0.39, 0.29) is 0 Å².